The van der Waals surface area contributed by atoms with Gasteiger partial charge >= 0.3 is 0 Å². The van der Waals surface area contributed by atoms with E-state index in [1.165, 1.54) is 24.5 Å². The Kier molecular flexibility index (Phi) is 7.48. The lowest BCUT2D eigenvalue weighted by Gasteiger charge is -2.31. The van der Waals surface area contributed by atoms with E-state index >= 15 is 0 Å². The monoisotopic (exact) mass is 580 g/mol. The first kappa shape index (κ1) is 27.6. The molecular weight excluding hydrogens is 557 g/mol. The Morgan fingerprint density at radius 1 is 1.14 bits per heavy atom. The van der Waals surface area contributed by atoms with Gasteiger partial charge in [0.05, 0.1) is 52.2 Å². The van der Waals surface area contributed by atoms with E-state index in [4.69, 9.17) is 19.4 Å². The molecule has 2 atom stereocenters. The lowest BCUT2D eigenvalue weighted by molar-refractivity contribution is 0.451. The lowest BCUT2D eigenvalue weighted by atomic mass is 9.70. The zero-order chi connectivity index (χ0) is 29.3. The molecule has 0 aliphatic heterocycles. The maximum atomic E-state index is 13.8. The number of nitriles is 1. The van der Waals surface area contributed by atoms with Gasteiger partial charge in [0.1, 0.15) is 19.6 Å². The van der Waals surface area contributed by atoms with Crippen molar-refractivity contribution in [2.75, 3.05) is 17.3 Å². The summed E-state index contributed by atoms with van der Waals surface area (Å²) in [5.41, 5.74) is 1.88. The predicted octanol–water partition coefficient (Wildman–Crippen LogP) is 6.21. The molecule has 0 amide bonds. The third-order valence-corrected chi connectivity index (χ3v) is 7.61. The van der Waals surface area contributed by atoms with Crippen LogP contribution in [-0.4, -0.2) is 39.5 Å². The number of halogens is 3. The Hall–Kier alpha value is -4.56. The molecule has 2 N–H and O–H groups in total. The molecule has 208 valence electrons. The number of alkyl halides is 1. The van der Waals surface area contributed by atoms with Crippen molar-refractivity contribution < 1.29 is 8.78 Å². The van der Waals surface area contributed by atoms with Gasteiger partial charge in [0, 0.05) is 29.9 Å². The molecule has 1 aliphatic rings. The number of nitrogens with one attached hydrogen (secondary N) is 2. The summed E-state index contributed by atoms with van der Waals surface area (Å²) < 4.78 is 29.2. The Morgan fingerprint density at radius 3 is 2.64 bits per heavy atom. The molecule has 0 bridgehead atoms. The van der Waals surface area contributed by atoms with Gasteiger partial charge < -0.3 is 10.6 Å². The standard InChI is InChI=1S/C30H24BClF2N8/c31-30(20-6-9-27(34)36-16-20,26-17-42(41-40-26)22-7-8-22)39-21-12-23-28(19(14-35)15-37-29(23)24(32)13-21)38-25(10-11-33)18-4-2-1-3-5-18/h1-6,9,12-13,15-17,22,25,39H,7-8,10-11H2,(H,37,38)/t25-,30+/m1/s1. The van der Waals surface area contributed by atoms with E-state index in [0.717, 1.165) is 18.4 Å². The molecule has 2 radical (unpaired) electrons. The highest BCUT2D eigenvalue weighted by molar-refractivity contribution is 6.36. The summed E-state index contributed by atoms with van der Waals surface area (Å²) in [6, 6.07) is 17.6. The number of anilines is 2. The molecule has 1 aliphatic carbocycles. The van der Waals surface area contributed by atoms with Crippen LogP contribution in [0.3, 0.4) is 0 Å². The van der Waals surface area contributed by atoms with E-state index in [9.17, 15) is 14.0 Å². The first-order valence-corrected chi connectivity index (χ1v) is 13.8. The molecule has 0 unspecified atom stereocenters. The predicted molar refractivity (Wildman–Crippen MR) is 158 cm³/mol. The summed E-state index contributed by atoms with van der Waals surface area (Å²) in [6.07, 6.45) is 6.73. The minimum atomic E-state index is -1.47. The average molecular weight is 581 g/mol. The highest BCUT2D eigenvalue weighted by Gasteiger charge is 2.34. The third-order valence-electron chi connectivity index (χ3n) is 7.32. The second-order valence-corrected chi connectivity index (χ2v) is 10.6. The number of hydrogen-bond donors (Lipinski definition) is 2. The quantitative estimate of drug-likeness (QED) is 0.149. The van der Waals surface area contributed by atoms with Crippen LogP contribution in [0, 0.1) is 17.3 Å². The number of rotatable bonds is 10. The molecule has 0 spiro atoms. The third kappa shape index (κ3) is 5.38. The van der Waals surface area contributed by atoms with Crippen molar-refractivity contribution in [3.8, 4) is 6.07 Å². The van der Waals surface area contributed by atoms with Crippen molar-refractivity contribution in [3.05, 3.63) is 107 Å². The van der Waals surface area contributed by atoms with Crippen molar-refractivity contribution in [2.45, 2.75) is 36.8 Å². The van der Waals surface area contributed by atoms with E-state index < -0.39 is 24.1 Å². The van der Waals surface area contributed by atoms with Crippen LogP contribution in [0.25, 0.3) is 10.9 Å². The molecule has 0 saturated heterocycles. The molecule has 42 heavy (non-hydrogen) atoms. The largest absolute Gasteiger partial charge is 0.378 e. The lowest BCUT2D eigenvalue weighted by Crippen LogP contribution is -2.38. The molecular formula is C30H24BClF2N8. The molecule has 1 saturated carbocycles. The number of pyridine rings is 2. The van der Waals surface area contributed by atoms with E-state index in [0.29, 0.717) is 38.6 Å². The van der Waals surface area contributed by atoms with Crippen LogP contribution in [0.1, 0.15) is 53.7 Å². The number of fused-ring (bicyclic) bond motifs is 1. The molecule has 12 heteroatoms. The Balaban J connectivity index is 1.46. The molecule has 2 aromatic carbocycles. The minimum Gasteiger partial charge on any atom is -0.378 e. The Labute approximate surface area is 247 Å². The Morgan fingerprint density at radius 2 is 1.95 bits per heavy atom. The van der Waals surface area contributed by atoms with Gasteiger partial charge in [-0.2, -0.15) is 9.65 Å². The summed E-state index contributed by atoms with van der Waals surface area (Å²) in [7, 11) is 6.98. The highest BCUT2D eigenvalue weighted by Crippen LogP contribution is 2.39. The van der Waals surface area contributed by atoms with Gasteiger partial charge in [0.2, 0.25) is 5.95 Å². The Bertz CT molecular complexity index is 1770. The van der Waals surface area contributed by atoms with Crippen molar-refractivity contribution in [2.24, 2.45) is 0 Å². The smallest absolute Gasteiger partial charge is 0.212 e. The second-order valence-electron chi connectivity index (χ2n) is 10.2. The molecule has 3 aromatic heterocycles. The number of benzene rings is 2. The fourth-order valence-corrected chi connectivity index (χ4v) is 5.23. The van der Waals surface area contributed by atoms with Crippen LogP contribution in [-0.2, 0) is 5.44 Å². The van der Waals surface area contributed by atoms with Crippen LogP contribution < -0.4 is 10.6 Å². The van der Waals surface area contributed by atoms with Crippen LogP contribution in [0.2, 0.25) is 5.02 Å². The van der Waals surface area contributed by atoms with Crippen molar-refractivity contribution in [3.63, 3.8) is 0 Å². The first-order chi connectivity index (χ1) is 20.4. The van der Waals surface area contributed by atoms with Gasteiger partial charge in [0.25, 0.3) is 0 Å². The zero-order valence-electron chi connectivity index (χ0n) is 22.3. The van der Waals surface area contributed by atoms with E-state index in [2.05, 4.69) is 37.0 Å². The van der Waals surface area contributed by atoms with E-state index in [-0.39, 0.29) is 18.0 Å². The maximum absolute atomic E-state index is 13.8. The van der Waals surface area contributed by atoms with Gasteiger partial charge in [-0.15, -0.1) is 5.10 Å². The summed E-state index contributed by atoms with van der Waals surface area (Å²) in [5, 5.41) is 26.1. The summed E-state index contributed by atoms with van der Waals surface area (Å²) >= 11 is 6.73. The second kappa shape index (κ2) is 11.4. The summed E-state index contributed by atoms with van der Waals surface area (Å²) in [4.78, 5) is 8.22. The van der Waals surface area contributed by atoms with Gasteiger partial charge in [-0.05, 0) is 42.2 Å². The summed E-state index contributed by atoms with van der Waals surface area (Å²) in [5.74, 6) is -0.649. The van der Waals surface area contributed by atoms with Crippen molar-refractivity contribution in [1.82, 2.24) is 25.0 Å². The topological polar surface area (TPSA) is 104 Å². The van der Waals surface area contributed by atoms with Gasteiger partial charge in [-0.3, -0.25) is 9.37 Å². The molecule has 3 heterocycles. The van der Waals surface area contributed by atoms with E-state index in [1.807, 2.05) is 30.3 Å². The molecule has 6 rings (SSSR count). The first-order valence-electron chi connectivity index (χ1n) is 13.4. The van der Waals surface area contributed by atoms with Gasteiger partial charge in [-0.1, -0.05) is 53.2 Å². The number of nitrogens with zero attached hydrogens (tertiary/aromatic N) is 6. The highest BCUT2D eigenvalue weighted by atomic mass is 35.5. The van der Waals surface area contributed by atoms with Gasteiger partial charge in [-0.25, -0.2) is 9.67 Å². The molecule has 1 fully saturated rings. The van der Waals surface area contributed by atoms with Crippen molar-refractivity contribution in [1.29, 1.82) is 5.26 Å². The normalized spacial score (nSPS) is 15.1. The molecule has 5 aromatic rings. The van der Waals surface area contributed by atoms with Crippen LogP contribution in [0.15, 0.2) is 73.2 Å². The fourth-order valence-electron chi connectivity index (χ4n) is 4.96. The number of hydrogen-bond acceptors (Lipinski definition) is 7. The summed E-state index contributed by atoms with van der Waals surface area (Å²) in [6.45, 7) is -0.562. The van der Waals surface area contributed by atoms with Crippen LogP contribution >= 0.6 is 11.6 Å². The number of aromatic nitrogens is 5. The fraction of sp³-hybridized carbons (Fsp3) is 0.233. The van der Waals surface area contributed by atoms with Gasteiger partial charge in [0.15, 0.2) is 0 Å². The van der Waals surface area contributed by atoms with Crippen LogP contribution in [0.5, 0.6) is 0 Å². The van der Waals surface area contributed by atoms with E-state index in [1.54, 1.807) is 23.0 Å². The molecule has 8 nitrogen and oxygen atoms in total. The zero-order valence-corrected chi connectivity index (χ0v) is 23.1. The average Bonchev–Trinajstić information content (AvgIpc) is 3.73. The maximum Gasteiger partial charge on any atom is 0.212 e. The van der Waals surface area contributed by atoms with Crippen molar-refractivity contribution >= 4 is 41.7 Å². The minimum absolute atomic E-state index is 0.185. The van der Waals surface area contributed by atoms with Crippen LogP contribution in [0.4, 0.5) is 20.2 Å². The SMILES string of the molecule is [B][C@](Nc1cc(Cl)c2ncc(C#N)c(N[C@H](CCF)c3ccccc3)c2c1)(c1ccc(F)nc1)c1cn(C2CC2)nn1.